The van der Waals surface area contributed by atoms with Gasteiger partial charge in [-0.2, -0.15) is 13.2 Å². The first-order valence-electron chi connectivity index (χ1n) is 5.32. The van der Waals surface area contributed by atoms with Crippen molar-refractivity contribution in [1.29, 1.82) is 0 Å². The van der Waals surface area contributed by atoms with Gasteiger partial charge in [0.2, 0.25) is 0 Å². The number of hydrogen-bond donors (Lipinski definition) is 2. The van der Waals surface area contributed by atoms with Crippen molar-refractivity contribution >= 4 is 22.8 Å². The summed E-state index contributed by atoms with van der Waals surface area (Å²) in [5.41, 5.74) is 0. The van der Waals surface area contributed by atoms with E-state index in [1.54, 1.807) is 6.92 Å². The number of carbonyl (C=O) groups is 2. The first-order chi connectivity index (χ1) is 8.65. The lowest BCUT2D eigenvalue weighted by Crippen LogP contribution is -2.47. The first-order valence-corrected chi connectivity index (χ1v) is 6.80. The van der Waals surface area contributed by atoms with Gasteiger partial charge in [-0.05, 0) is 0 Å². The predicted octanol–water partition coefficient (Wildman–Crippen LogP) is 0.413. The molecule has 2 N–H and O–H groups in total. The normalized spacial score (nSPS) is 12.8. The Morgan fingerprint density at radius 1 is 1.37 bits per heavy atom. The van der Waals surface area contributed by atoms with Crippen molar-refractivity contribution in [1.82, 2.24) is 10.2 Å². The van der Waals surface area contributed by atoms with Crippen LogP contribution in [0.5, 0.6) is 0 Å². The molecule has 0 aromatic heterocycles. The fraction of sp³-hybridized carbons (Fsp3) is 0.778. The van der Waals surface area contributed by atoms with Crippen molar-refractivity contribution in [2.24, 2.45) is 0 Å². The minimum Gasteiger partial charge on any atom is -0.480 e. The van der Waals surface area contributed by atoms with Crippen LogP contribution in [0.2, 0.25) is 0 Å². The Balaban J connectivity index is 4.38. The molecule has 0 heterocycles. The van der Waals surface area contributed by atoms with E-state index in [9.17, 15) is 27.0 Å². The summed E-state index contributed by atoms with van der Waals surface area (Å²) in [4.78, 5) is 21.9. The van der Waals surface area contributed by atoms with Gasteiger partial charge in [-0.3, -0.25) is 9.00 Å². The minimum atomic E-state index is -4.68. The number of halogens is 3. The number of nitrogens with zero attached hydrogens (tertiary/aromatic N) is 1. The minimum absolute atomic E-state index is 0.0761. The van der Waals surface area contributed by atoms with E-state index in [4.69, 9.17) is 5.11 Å². The Morgan fingerprint density at radius 2 is 1.95 bits per heavy atom. The number of urea groups is 1. The SMILES string of the molecule is CCS(=O)CCNC(=O)N(CC(=O)O)CC(F)(F)F. The summed E-state index contributed by atoms with van der Waals surface area (Å²) >= 11 is 0. The van der Waals surface area contributed by atoms with Crippen molar-refractivity contribution in [3.8, 4) is 0 Å². The van der Waals surface area contributed by atoms with Crippen molar-refractivity contribution < 1.29 is 32.1 Å². The number of carboxylic acids is 1. The number of hydrogen-bond acceptors (Lipinski definition) is 3. The molecule has 0 aliphatic rings. The number of nitrogens with one attached hydrogen (secondary N) is 1. The molecule has 10 heteroatoms. The molecule has 0 rings (SSSR count). The summed E-state index contributed by atoms with van der Waals surface area (Å²) in [5.74, 6) is -1.07. The Hall–Kier alpha value is -1.32. The van der Waals surface area contributed by atoms with Crippen molar-refractivity contribution in [2.75, 3.05) is 31.1 Å². The van der Waals surface area contributed by atoms with Gasteiger partial charge in [0.25, 0.3) is 0 Å². The van der Waals surface area contributed by atoms with Gasteiger partial charge >= 0.3 is 18.2 Å². The van der Waals surface area contributed by atoms with Crippen molar-refractivity contribution in [3.63, 3.8) is 0 Å². The van der Waals surface area contributed by atoms with Crippen LogP contribution in [0.1, 0.15) is 6.92 Å². The molecule has 0 spiro atoms. The topological polar surface area (TPSA) is 86.7 Å². The van der Waals surface area contributed by atoms with Crippen LogP contribution in [0.15, 0.2) is 0 Å². The lowest BCUT2D eigenvalue weighted by Gasteiger charge is -2.22. The van der Waals surface area contributed by atoms with Crippen LogP contribution >= 0.6 is 0 Å². The van der Waals surface area contributed by atoms with E-state index >= 15 is 0 Å². The quantitative estimate of drug-likeness (QED) is 0.713. The van der Waals surface area contributed by atoms with Gasteiger partial charge in [-0.15, -0.1) is 0 Å². The molecule has 0 saturated carbocycles. The van der Waals surface area contributed by atoms with Gasteiger partial charge < -0.3 is 15.3 Å². The molecule has 0 aromatic carbocycles. The molecule has 0 aliphatic carbocycles. The number of alkyl halides is 3. The second-order valence-corrected chi connectivity index (χ2v) is 5.39. The number of rotatable bonds is 7. The largest absolute Gasteiger partial charge is 0.480 e. The third-order valence-electron chi connectivity index (χ3n) is 1.91. The highest BCUT2D eigenvalue weighted by molar-refractivity contribution is 7.84. The Kier molecular flexibility index (Phi) is 7.42. The zero-order valence-corrected chi connectivity index (χ0v) is 11.0. The molecule has 0 fully saturated rings. The van der Waals surface area contributed by atoms with Crippen molar-refractivity contribution in [2.45, 2.75) is 13.1 Å². The molecule has 0 aliphatic heterocycles. The van der Waals surface area contributed by atoms with Crippen LogP contribution in [-0.4, -0.2) is 63.5 Å². The maximum absolute atomic E-state index is 12.2. The molecule has 112 valence electrons. The number of carboxylic acid groups (broad SMARTS) is 1. The average molecular weight is 304 g/mol. The second kappa shape index (κ2) is 7.97. The molecule has 2 amide bonds. The van der Waals surface area contributed by atoms with Gasteiger partial charge in [0.15, 0.2) is 0 Å². The van der Waals surface area contributed by atoms with Crippen molar-refractivity contribution in [3.05, 3.63) is 0 Å². The summed E-state index contributed by atoms with van der Waals surface area (Å²) in [7, 11) is -1.16. The highest BCUT2D eigenvalue weighted by Gasteiger charge is 2.33. The lowest BCUT2D eigenvalue weighted by molar-refractivity contribution is -0.148. The molecular weight excluding hydrogens is 289 g/mol. The van der Waals surface area contributed by atoms with Crippen LogP contribution in [0.4, 0.5) is 18.0 Å². The Morgan fingerprint density at radius 3 is 2.37 bits per heavy atom. The highest BCUT2D eigenvalue weighted by Crippen LogP contribution is 2.16. The monoisotopic (exact) mass is 304 g/mol. The maximum Gasteiger partial charge on any atom is 0.406 e. The first kappa shape index (κ1) is 17.7. The fourth-order valence-electron chi connectivity index (χ4n) is 1.11. The van der Waals surface area contributed by atoms with Crippen LogP contribution in [0, 0.1) is 0 Å². The van der Waals surface area contributed by atoms with Gasteiger partial charge in [-0.1, -0.05) is 6.92 Å². The van der Waals surface area contributed by atoms with E-state index in [2.05, 4.69) is 5.32 Å². The van der Waals surface area contributed by atoms with E-state index in [0.717, 1.165) is 0 Å². The smallest absolute Gasteiger partial charge is 0.406 e. The number of amides is 2. The third kappa shape index (κ3) is 9.28. The molecule has 19 heavy (non-hydrogen) atoms. The maximum atomic E-state index is 12.2. The Labute approximate surface area is 110 Å². The molecule has 1 atom stereocenters. The summed E-state index contributed by atoms with van der Waals surface area (Å²) in [6.45, 7) is -1.12. The second-order valence-electron chi connectivity index (χ2n) is 3.53. The van der Waals surface area contributed by atoms with Gasteiger partial charge in [0.1, 0.15) is 13.1 Å². The molecule has 6 nitrogen and oxygen atoms in total. The fourth-order valence-corrected chi connectivity index (χ4v) is 1.73. The summed E-state index contributed by atoms with van der Waals surface area (Å²) in [5, 5.41) is 10.6. The predicted molar refractivity (Wildman–Crippen MR) is 62.2 cm³/mol. The molecule has 0 aromatic rings. The molecule has 0 radical (unpaired) electrons. The van der Waals surface area contributed by atoms with Gasteiger partial charge in [-0.25, -0.2) is 4.79 Å². The zero-order chi connectivity index (χ0) is 15.1. The van der Waals surface area contributed by atoms with E-state index in [1.807, 2.05) is 0 Å². The van der Waals surface area contributed by atoms with Crippen LogP contribution in [0.25, 0.3) is 0 Å². The highest BCUT2D eigenvalue weighted by atomic mass is 32.2. The zero-order valence-electron chi connectivity index (χ0n) is 10.2. The number of aliphatic carboxylic acids is 1. The molecule has 1 unspecified atom stereocenters. The van der Waals surface area contributed by atoms with E-state index in [0.29, 0.717) is 5.75 Å². The average Bonchev–Trinajstić information content (AvgIpc) is 2.25. The number of carbonyl (C=O) groups excluding carboxylic acids is 1. The van der Waals surface area contributed by atoms with E-state index < -0.39 is 42.1 Å². The Bertz CT molecular complexity index is 349. The van der Waals surface area contributed by atoms with E-state index in [-0.39, 0.29) is 17.2 Å². The van der Waals surface area contributed by atoms with Crippen LogP contribution < -0.4 is 5.32 Å². The van der Waals surface area contributed by atoms with Gasteiger partial charge in [0, 0.05) is 28.9 Å². The standard InChI is InChI=1S/C9H15F3N2O4S/c1-2-19(18)4-3-13-8(17)14(5-7(15)16)6-9(10,11)12/h2-6H2,1H3,(H,13,17)(H,15,16). The van der Waals surface area contributed by atoms with E-state index in [1.165, 1.54) is 0 Å². The van der Waals surface area contributed by atoms with Crippen LogP contribution in [0.3, 0.4) is 0 Å². The molecular formula is C9H15F3N2O4S. The summed E-state index contributed by atoms with van der Waals surface area (Å²) in [6, 6.07) is -1.15. The summed E-state index contributed by atoms with van der Waals surface area (Å²) < 4.78 is 47.5. The third-order valence-corrected chi connectivity index (χ3v) is 3.21. The lowest BCUT2D eigenvalue weighted by atomic mass is 10.4. The van der Waals surface area contributed by atoms with Gasteiger partial charge in [0.05, 0.1) is 0 Å². The molecule has 0 bridgehead atoms. The molecule has 0 saturated heterocycles. The summed E-state index contributed by atoms with van der Waals surface area (Å²) in [6.07, 6.45) is -4.68. The van der Waals surface area contributed by atoms with Crippen LogP contribution in [-0.2, 0) is 15.6 Å².